The maximum absolute atomic E-state index is 0. The molecule has 0 saturated carbocycles. The molecule has 6 heteroatoms. The topological polar surface area (TPSA) is 0 Å². The third kappa shape index (κ3) is 27.3. The molecule has 0 radical (unpaired) electrons. The summed E-state index contributed by atoms with van der Waals surface area (Å²) < 4.78 is 0. The summed E-state index contributed by atoms with van der Waals surface area (Å²) in [5, 5.41) is 0. The summed E-state index contributed by atoms with van der Waals surface area (Å²) in [6.45, 7) is 0. The van der Waals surface area contributed by atoms with E-state index < -0.39 is 0 Å². The van der Waals surface area contributed by atoms with Gasteiger partial charge in [0.15, 0.2) is 0 Å². The van der Waals surface area contributed by atoms with E-state index in [0.717, 1.165) is 0 Å². The van der Waals surface area contributed by atoms with E-state index in [2.05, 4.69) is 0 Å². The number of hydrogen-bond donors (Lipinski definition) is 0. The summed E-state index contributed by atoms with van der Waals surface area (Å²) >= 11 is 0. The molecule has 0 aromatic rings. The maximum atomic E-state index is 0. The zero-order valence-corrected chi connectivity index (χ0v) is 13.1. The summed E-state index contributed by atoms with van der Waals surface area (Å²) in [5.41, 5.74) is 0. The molecule has 0 aromatic heterocycles. The molecular formula is Hf2S4. The second kappa shape index (κ2) is 42.1. The fraction of sp³-hybridized carbons (Fsp3) is 0. The first kappa shape index (κ1) is 61.4. The molecule has 0 rings (SSSR count). The minimum absolute atomic E-state index is 0. The molecule has 32 valence electrons. The van der Waals surface area contributed by atoms with Crippen molar-refractivity contribution in [1.29, 1.82) is 0 Å². The summed E-state index contributed by atoms with van der Waals surface area (Å²) in [5.74, 6) is 0. The van der Waals surface area contributed by atoms with Crippen LogP contribution in [0.4, 0.5) is 0 Å². The van der Waals surface area contributed by atoms with Crippen LogP contribution in [-0.4, -0.2) is 0 Å². The molecule has 0 amide bonds. The van der Waals surface area contributed by atoms with Crippen molar-refractivity contribution >= 4 is 54.0 Å². The molecule has 0 aliphatic carbocycles. The van der Waals surface area contributed by atoms with Gasteiger partial charge in [0.2, 0.25) is 0 Å². The van der Waals surface area contributed by atoms with Gasteiger partial charge in [-0.15, -0.1) is 0 Å². The zero-order valence-electron chi connectivity index (χ0n) is 2.63. The van der Waals surface area contributed by atoms with E-state index in [9.17, 15) is 0 Å². The Hall–Kier alpha value is 3.14. The van der Waals surface area contributed by atoms with Gasteiger partial charge in [-0.25, -0.2) is 0 Å². The molecule has 0 unspecified atom stereocenters. The van der Waals surface area contributed by atoms with Crippen molar-refractivity contribution in [2.75, 3.05) is 0 Å². The third-order valence-electron chi connectivity index (χ3n) is 0. The molecule has 6 heavy (non-hydrogen) atoms. The van der Waals surface area contributed by atoms with Crippen LogP contribution in [0, 0.1) is 0 Å². The van der Waals surface area contributed by atoms with E-state index >= 15 is 0 Å². The van der Waals surface area contributed by atoms with Crippen molar-refractivity contribution in [3.63, 3.8) is 0 Å². The first-order chi connectivity index (χ1) is 0. The molecule has 0 N–H and O–H groups in total. The minimum atomic E-state index is 0. The van der Waals surface area contributed by atoms with Crippen molar-refractivity contribution in [3.05, 3.63) is 0 Å². The molecule has 0 bridgehead atoms. The van der Waals surface area contributed by atoms with Gasteiger partial charge in [-0.05, 0) is 0 Å². The zero-order chi connectivity index (χ0) is 0. The minimum Gasteiger partial charge on any atom is -2.00 e. The van der Waals surface area contributed by atoms with Crippen LogP contribution in [0.15, 0.2) is 0 Å². The van der Waals surface area contributed by atoms with E-state index in [0.29, 0.717) is 0 Å². The van der Waals surface area contributed by atoms with Crippen molar-refractivity contribution in [2.24, 2.45) is 0 Å². The Morgan fingerprint density at radius 2 is 0.333 bits per heavy atom. The van der Waals surface area contributed by atoms with Crippen LogP contribution in [0.5, 0.6) is 0 Å². The molecule has 0 heterocycles. The van der Waals surface area contributed by atoms with Gasteiger partial charge in [0, 0.05) is 0 Å². The summed E-state index contributed by atoms with van der Waals surface area (Å²) in [6, 6.07) is 0. The van der Waals surface area contributed by atoms with Crippen molar-refractivity contribution in [2.45, 2.75) is 0 Å². The van der Waals surface area contributed by atoms with E-state index in [-0.39, 0.29) is 106 Å². The van der Waals surface area contributed by atoms with Crippen LogP contribution in [0.2, 0.25) is 0 Å². The van der Waals surface area contributed by atoms with E-state index in [1.54, 1.807) is 0 Å². The predicted octanol–water partition coefficient (Wildman–Crippen LogP) is -0.0146. The average molecular weight is 485 g/mol. The standard InChI is InChI=1S/2Hf.4S/q2*+4;4*-2. The van der Waals surface area contributed by atoms with E-state index in [1.165, 1.54) is 0 Å². The maximum Gasteiger partial charge on any atom is 4.00 e. The van der Waals surface area contributed by atoms with Crippen molar-refractivity contribution in [1.82, 2.24) is 0 Å². The average Bonchev–Trinajstić information content (AvgIpc) is 0. The number of hydrogen-bond acceptors (Lipinski definition) is 0. The van der Waals surface area contributed by atoms with Gasteiger partial charge in [0.1, 0.15) is 0 Å². The summed E-state index contributed by atoms with van der Waals surface area (Å²) in [4.78, 5) is 0. The first-order valence-electron chi connectivity index (χ1n) is 0. The van der Waals surface area contributed by atoms with Gasteiger partial charge < -0.3 is 54.0 Å². The normalized spacial score (nSPS) is 0. The van der Waals surface area contributed by atoms with Crippen LogP contribution in [0.1, 0.15) is 0 Å². The van der Waals surface area contributed by atoms with Crippen LogP contribution in [-0.2, 0) is 106 Å². The largest absolute Gasteiger partial charge is 4.00 e. The Balaban J connectivity index is 0. The fourth-order valence-electron chi connectivity index (χ4n) is 0. The molecule has 0 aliphatic heterocycles. The smallest absolute Gasteiger partial charge is 2.00 e. The second-order valence-electron chi connectivity index (χ2n) is 0. The Morgan fingerprint density at radius 1 is 0.333 bits per heavy atom. The van der Waals surface area contributed by atoms with Crippen LogP contribution in [0.25, 0.3) is 0 Å². The van der Waals surface area contributed by atoms with Gasteiger partial charge in [0.25, 0.3) is 0 Å². The van der Waals surface area contributed by atoms with Crippen molar-refractivity contribution in [3.8, 4) is 0 Å². The Bertz CT molecular complexity index is 5.51. The Labute approximate surface area is 104 Å². The molecule has 0 nitrogen and oxygen atoms in total. The molecule has 0 saturated heterocycles. The van der Waals surface area contributed by atoms with Gasteiger partial charge in [-0.2, -0.15) is 0 Å². The molecule has 0 fully saturated rings. The summed E-state index contributed by atoms with van der Waals surface area (Å²) in [6.07, 6.45) is 0. The van der Waals surface area contributed by atoms with Gasteiger partial charge >= 0.3 is 51.7 Å². The van der Waals surface area contributed by atoms with Crippen molar-refractivity contribution < 1.29 is 51.7 Å². The third-order valence-corrected chi connectivity index (χ3v) is 0. The quantitative estimate of drug-likeness (QED) is 0.424. The predicted molar refractivity (Wildman–Crippen MR) is 29.5 cm³/mol. The number of rotatable bonds is 0. The molecule has 0 spiro atoms. The van der Waals surface area contributed by atoms with Gasteiger partial charge in [-0.3, -0.25) is 0 Å². The van der Waals surface area contributed by atoms with Crippen LogP contribution >= 0.6 is 0 Å². The monoisotopic (exact) mass is 488 g/mol. The van der Waals surface area contributed by atoms with Gasteiger partial charge in [0.05, 0.1) is 0 Å². The van der Waals surface area contributed by atoms with Crippen LogP contribution < -0.4 is 0 Å². The SMILES string of the molecule is [Hf+4].[Hf+4].[S-2].[S-2].[S-2].[S-2]. The summed E-state index contributed by atoms with van der Waals surface area (Å²) in [7, 11) is 0. The Kier molecular flexibility index (Phi) is 431. The van der Waals surface area contributed by atoms with Gasteiger partial charge in [-0.1, -0.05) is 0 Å². The fourth-order valence-corrected chi connectivity index (χ4v) is 0. The van der Waals surface area contributed by atoms with E-state index in [4.69, 9.17) is 0 Å². The first-order valence-corrected chi connectivity index (χ1v) is 0. The Morgan fingerprint density at radius 3 is 0.333 bits per heavy atom. The second-order valence-corrected chi connectivity index (χ2v) is 0. The molecule has 0 aliphatic rings. The molecule has 0 aromatic carbocycles. The molecule has 0 atom stereocenters. The van der Waals surface area contributed by atoms with Crippen LogP contribution in [0.3, 0.4) is 0 Å². The van der Waals surface area contributed by atoms with E-state index in [1.807, 2.05) is 0 Å². The molecular weight excluding hydrogens is 485 g/mol.